The van der Waals surface area contributed by atoms with E-state index < -0.39 is 5.82 Å². The maximum Gasteiger partial charge on any atom is 0.272 e. The molecule has 0 aliphatic rings. The third-order valence-electron chi connectivity index (χ3n) is 3.16. The lowest BCUT2D eigenvalue weighted by Gasteiger charge is -2.04. The van der Waals surface area contributed by atoms with Gasteiger partial charge in [0.25, 0.3) is 5.91 Å². The van der Waals surface area contributed by atoms with Gasteiger partial charge in [0.1, 0.15) is 5.82 Å². The van der Waals surface area contributed by atoms with Crippen LogP contribution in [0.1, 0.15) is 17.4 Å². The van der Waals surface area contributed by atoms with E-state index in [0.29, 0.717) is 23.3 Å². The topological polar surface area (TPSA) is 59.3 Å². The van der Waals surface area contributed by atoms with E-state index in [9.17, 15) is 9.18 Å². The molecule has 3 rings (SSSR count). The fourth-order valence-corrected chi connectivity index (χ4v) is 2.33. The Bertz CT molecular complexity index is 862. The highest BCUT2D eigenvalue weighted by molar-refractivity contribution is 6.30. The molecule has 22 heavy (non-hydrogen) atoms. The number of fused-ring (bicyclic) bond motifs is 1. The smallest absolute Gasteiger partial charge is 0.272 e. The lowest BCUT2D eigenvalue weighted by molar-refractivity contribution is 0.0951. The van der Waals surface area contributed by atoms with Gasteiger partial charge in [-0.15, -0.1) is 0 Å². The molecule has 7 heteroatoms. The number of hydrogen-bond donors (Lipinski definition) is 1. The molecule has 0 atom stereocenters. The Morgan fingerprint density at radius 1 is 1.45 bits per heavy atom. The lowest BCUT2D eigenvalue weighted by atomic mass is 10.1. The van der Waals surface area contributed by atoms with Crippen molar-refractivity contribution in [2.45, 2.75) is 6.92 Å². The van der Waals surface area contributed by atoms with Gasteiger partial charge in [0.2, 0.25) is 0 Å². The predicted octanol–water partition coefficient (Wildman–Crippen LogP) is 2.94. The maximum atomic E-state index is 13.8. The van der Waals surface area contributed by atoms with Crippen LogP contribution in [0.5, 0.6) is 0 Å². The highest BCUT2D eigenvalue weighted by Crippen LogP contribution is 2.29. The number of aromatic nitrogens is 3. The van der Waals surface area contributed by atoms with E-state index in [1.54, 1.807) is 24.5 Å². The standard InChI is InChI=1S/C15H12ClFN4O/c1-2-18-15(22)13-12(9-4-5-10(16)11(17)8-9)14-19-6-3-7-21(14)20-13/h3-8H,2H2,1H3,(H,18,22). The zero-order valence-electron chi connectivity index (χ0n) is 11.7. The summed E-state index contributed by atoms with van der Waals surface area (Å²) in [4.78, 5) is 16.5. The number of hydrogen-bond acceptors (Lipinski definition) is 3. The molecule has 0 spiro atoms. The fourth-order valence-electron chi connectivity index (χ4n) is 2.21. The van der Waals surface area contributed by atoms with Crippen LogP contribution in [0.4, 0.5) is 4.39 Å². The van der Waals surface area contributed by atoms with Crippen LogP contribution < -0.4 is 5.32 Å². The molecule has 0 saturated carbocycles. The van der Waals surface area contributed by atoms with Crippen LogP contribution in [-0.2, 0) is 0 Å². The summed E-state index contributed by atoms with van der Waals surface area (Å²) in [5, 5.41) is 6.96. The first kappa shape index (κ1) is 14.5. The van der Waals surface area contributed by atoms with Gasteiger partial charge in [0.05, 0.1) is 10.6 Å². The van der Waals surface area contributed by atoms with Gasteiger partial charge in [-0.2, -0.15) is 5.10 Å². The van der Waals surface area contributed by atoms with Gasteiger partial charge in [0, 0.05) is 18.9 Å². The van der Waals surface area contributed by atoms with Crippen LogP contribution in [0.25, 0.3) is 16.8 Å². The van der Waals surface area contributed by atoms with Gasteiger partial charge in [-0.25, -0.2) is 13.9 Å². The maximum absolute atomic E-state index is 13.8. The molecule has 1 amide bonds. The van der Waals surface area contributed by atoms with Gasteiger partial charge in [-0.05, 0) is 30.7 Å². The number of amides is 1. The van der Waals surface area contributed by atoms with Crippen molar-refractivity contribution in [3.05, 3.63) is 53.2 Å². The Labute approximate surface area is 130 Å². The van der Waals surface area contributed by atoms with Crippen LogP contribution in [0.15, 0.2) is 36.7 Å². The number of benzene rings is 1. The van der Waals surface area contributed by atoms with Crippen molar-refractivity contribution < 1.29 is 9.18 Å². The first-order chi connectivity index (χ1) is 10.6. The SMILES string of the molecule is CCNC(=O)c1nn2cccnc2c1-c1ccc(Cl)c(F)c1. The summed E-state index contributed by atoms with van der Waals surface area (Å²) in [6.07, 6.45) is 3.27. The second kappa shape index (κ2) is 5.73. The first-order valence-corrected chi connectivity index (χ1v) is 7.06. The summed E-state index contributed by atoms with van der Waals surface area (Å²) in [5.74, 6) is -0.894. The van der Waals surface area contributed by atoms with E-state index in [2.05, 4.69) is 15.4 Å². The molecule has 0 bridgehead atoms. The summed E-state index contributed by atoms with van der Waals surface area (Å²) < 4.78 is 15.3. The zero-order chi connectivity index (χ0) is 15.7. The minimum Gasteiger partial charge on any atom is -0.351 e. The molecule has 2 heterocycles. The molecule has 0 saturated heterocycles. The molecule has 0 aliphatic heterocycles. The number of carbonyl (C=O) groups excluding carboxylic acids is 1. The third-order valence-corrected chi connectivity index (χ3v) is 3.46. The van der Waals surface area contributed by atoms with E-state index >= 15 is 0 Å². The summed E-state index contributed by atoms with van der Waals surface area (Å²) in [5.41, 5.74) is 1.65. The number of nitrogens with zero attached hydrogens (tertiary/aromatic N) is 3. The van der Waals surface area contributed by atoms with Crippen molar-refractivity contribution in [1.82, 2.24) is 19.9 Å². The highest BCUT2D eigenvalue weighted by Gasteiger charge is 2.21. The van der Waals surface area contributed by atoms with Crippen molar-refractivity contribution >= 4 is 23.2 Å². The second-order valence-corrected chi connectivity index (χ2v) is 5.01. The Balaban J connectivity index is 2.27. The Morgan fingerprint density at radius 2 is 2.27 bits per heavy atom. The van der Waals surface area contributed by atoms with E-state index in [-0.39, 0.29) is 16.6 Å². The molecule has 3 aromatic rings. The molecule has 112 valence electrons. The number of rotatable bonds is 3. The molecule has 0 unspecified atom stereocenters. The molecule has 0 fully saturated rings. The largest absolute Gasteiger partial charge is 0.351 e. The molecule has 2 aromatic heterocycles. The number of nitrogens with one attached hydrogen (secondary N) is 1. The Kier molecular flexibility index (Phi) is 3.77. The summed E-state index contributed by atoms with van der Waals surface area (Å²) >= 11 is 5.72. The van der Waals surface area contributed by atoms with E-state index in [1.807, 2.05) is 6.92 Å². The summed E-state index contributed by atoms with van der Waals surface area (Å²) in [6.45, 7) is 2.28. The predicted molar refractivity (Wildman–Crippen MR) is 81.4 cm³/mol. The molecule has 1 aromatic carbocycles. The van der Waals surface area contributed by atoms with Crippen molar-refractivity contribution in [1.29, 1.82) is 0 Å². The molecular weight excluding hydrogens is 307 g/mol. The third kappa shape index (κ3) is 2.42. The average Bonchev–Trinajstić information content (AvgIpc) is 2.90. The van der Waals surface area contributed by atoms with Gasteiger partial charge < -0.3 is 5.32 Å². The van der Waals surface area contributed by atoms with Gasteiger partial charge in [-0.1, -0.05) is 17.7 Å². The van der Waals surface area contributed by atoms with E-state index in [0.717, 1.165) is 0 Å². The summed E-state index contributed by atoms with van der Waals surface area (Å²) in [7, 11) is 0. The quantitative estimate of drug-likeness (QED) is 0.807. The van der Waals surface area contributed by atoms with Gasteiger partial charge in [-0.3, -0.25) is 4.79 Å². The minimum atomic E-state index is -0.559. The van der Waals surface area contributed by atoms with Crippen LogP contribution in [0.3, 0.4) is 0 Å². The number of carbonyl (C=O) groups is 1. The van der Waals surface area contributed by atoms with E-state index in [1.165, 1.54) is 16.6 Å². The Hall–Kier alpha value is -2.47. The van der Waals surface area contributed by atoms with Crippen LogP contribution in [0.2, 0.25) is 5.02 Å². The zero-order valence-corrected chi connectivity index (χ0v) is 12.4. The normalized spacial score (nSPS) is 10.9. The fraction of sp³-hybridized carbons (Fsp3) is 0.133. The number of halogens is 2. The van der Waals surface area contributed by atoms with Crippen LogP contribution in [0, 0.1) is 5.82 Å². The van der Waals surface area contributed by atoms with Gasteiger partial charge in [0.15, 0.2) is 11.3 Å². The molecule has 5 nitrogen and oxygen atoms in total. The molecular formula is C15H12ClFN4O. The van der Waals surface area contributed by atoms with Crippen LogP contribution >= 0.6 is 11.6 Å². The van der Waals surface area contributed by atoms with Crippen molar-refractivity contribution in [3.63, 3.8) is 0 Å². The molecule has 1 N–H and O–H groups in total. The monoisotopic (exact) mass is 318 g/mol. The van der Waals surface area contributed by atoms with Crippen molar-refractivity contribution in [2.75, 3.05) is 6.54 Å². The minimum absolute atomic E-state index is 0.0211. The molecule has 0 radical (unpaired) electrons. The van der Waals surface area contributed by atoms with Gasteiger partial charge >= 0.3 is 0 Å². The lowest BCUT2D eigenvalue weighted by Crippen LogP contribution is -2.23. The first-order valence-electron chi connectivity index (χ1n) is 6.68. The highest BCUT2D eigenvalue weighted by atomic mass is 35.5. The Morgan fingerprint density at radius 3 is 3.00 bits per heavy atom. The van der Waals surface area contributed by atoms with Crippen molar-refractivity contribution in [2.24, 2.45) is 0 Å². The summed E-state index contributed by atoms with van der Waals surface area (Å²) in [6, 6.07) is 6.06. The second-order valence-electron chi connectivity index (χ2n) is 4.60. The molecule has 0 aliphatic carbocycles. The van der Waals surface area contributed by atoms with Crippen molar-refractivity contribution in [3.8, 4) is 11.1 Å². The average molecular weight is 319 g/mol. The van der Waals surface area contributed by atoms with Crippen LogP contribution in [-0.4, -0.2) is 27.0 Å². The van der Waals surface area contributed by atoms with E-state index in [4.69, 9.17) is 11.6 Å².